The lowest BCUT2D eigenvalue weighted by Crippen LogP contribution is -2.43. The molecular formula is C20H20BrN7O. The smallest absolute Gasteiger partial charge is 0.227 e. The molecule has 3 aromatic rings. The Labute approximate surface area is 176 Å². The molecule has 0 amide bonds. The van der Waals surface area contributed by atoms with E-state index < -0.39 is 0 Å². The normalized spacial score (nSPS) is 16.4. The molecule has 1 fully saturated rings. The maximum atomic E-state index is 8.91. The van der Waals surface area contributed by atoms with Crippen molar-refractivity contribution in [3.8, 4) is 11.8 Å². The van der Waals surface area contributed by atoms with Gasteiger partial charge in [-0.2, -0.15) is 10.2 Å². The van der Waals surface area contributed by atoms with Gasteiger partial charge in [-0.1, -0.05) is 0 Å². The quantitative estimate of drug-likeness (QED) is 0.618. The van der Waals surface area contributed by atoms with Crippen molar-refractivity contribution in [3.05, 3.63) is 40.5 Å². The predicted molar refractivity (Wildman–Crippen MR) is 116 cm³/mol. The van der Waals surface area contributed by atoms with Gasteiger partial charge in [0, 0.05) is 35.2 Å². The molecule has 148 valence electrons. The van der Waals surface area contributed by atoms with Gasteiger partial charge in [0.25, 0.3) is 0 Å². The van der Waals surface area contributed by atoms with Crippen LogP contribution in [0.15, 0.2) is 34.9 Å². The van der Waals surface area contributed by atoms with E-state index in [1.165, 1.54) is 0 Å². The molecule has 1 aliphatic rings. The zero-order chi connectivity index (χ0) is 20.4. The topological polar surface area (TPSA) is 113 Å². The van der Waals surface area contributed by atoms with E-state index in [4.69, 9.17) is 20.7 Å². The van der Waals surface area contributed by atoms with Crippen LogP contribution in [0.3, 0.4) is 0 Å². The van der Waals surface area contributed by atoms with Crippen LogP contribution in [0.2, 0.25) is 0 Å². The van der Waals surface area contributed by atoms with E-state index in [0.717, 1.165) is 47.1 Å². The maximum absolute atomic E-state index is 8.91. The summed E-state index contributed by atoms with van der Waals surface area (Å²) >= 11 is 3.56. The number of nitrogens with two attached hydrogens (primary N) is 1. The first-order chi connectivity index (χ1) is 14.1. The first-order valence-corrected chi connectivity index (χ1v) is 10.0. The third kappa shape index (κ3) is 4.03. The number of hydrogen-bond acceptors (Lipinski definition) is 8. The Morgan fingerprint density at radius 2 is 2.21 bits per heavy atom. The van der Waals surface area contributed by atoms with E-state index in [9.17, 15) is 0 Å². The molecule has 3 N–H and O–H groups in total. The van der Waals surface area contributed by atoms with Gasteiger partial charge in [-0.25, -0.2) is 9.97 Å². The van der Waals surface area contributed by atoms with Crippen LogP contribution in [0.5, 0.6) is 5.75 Å². The van der Waals surface area contributed by atoms with Gasteiger partial charge in [0.2, 0.25) is 5.95 Å². The van der Waals surface area contributed by atoms with Crippen molar-refractivity contribution in [3.63, 3.8) is 0 Å². The fraction of sp³-hybridized carbons (Fsp3) is 0.300. The summed E-state index contributed by atoms with van der Waals surface area (Å²) in [4.78, 5) is 15.7. The minimum atomic E-state index is 0.198. The molecule has 1 aliphatic heterocycles. The van der Waals surface area contributed by atoms with Crippen LogP contribution in [-0.4, -0.2) is 41.2 Å². The van der Waals surface area contributed by atoms with Crippen molar-refractivity contribution in [2.45, 2.75) is 18.9 Å². The molecule has 8 nitrogen and oxygen atoms in total. The largest absolute Gasteiger partial charge is 0.497 e. The van der Waals surface area contributed by atoms with E-state index in [-0.39, 0.29) is 6.04 Å². The lowest BCUT2D eigenvalue weighted by molar-refractivity contribution is 0.415. The number of halogens is 1. The van der Waals surface area contributed by atoms with Crippen LogP contribution in [0.25, 0.3) is 10.9 Å². The molecule has 0 saturated carbocycles. The first kappa shape index (κ1) is 19.2. The highest BCUT2D eigenvalue weighted by Crippen LogP contribution is 2.32. The summed E-state index contributed by atoms with van der Waals surface area (Å²) < 4.78 is 6.12. The van der Waals surface area contributed by atoms with Gasteiger partial charge in [-0.15, -0.1) is 0 Å². The number of nitrogen functional groups attached to an aromatic ring is 1. The number of nitrogens with zero attached hydrogens (tertiary/aromatic N) is 5. The molecule has 29 heavy (non-hydrogen) atoms. The van der Waals surface area contributed by atoms with E-state index in [1.54, 1.807) is 19.4 Å². The number of methoxy groups -OCH3 is 1. The van der Waals surface area contributed by atoms with Gasteiger partial charge < -0.3 is 20.7 Å². The minimum Gasteiger partial charge on any atom is -0.497 e. The van der Waals surface area contributed by atoms with E-state index >= 15 is 0 Å². The number of anilines is 3. The highest BCUT2D eigenvalue weighted by atomic mass is 79.9. The fourth-order valence-electron chi connectivity index (χ4n) is 3.47. The summed E-state index contributed by atoms with van der Waals surface area (Å²) in [7, 11) is 1.61. The van der Waals surface area contributed by atoms with Gasteiger partial charge >= 0.3 is 0 Å². The molecule has 1 atom stereocenters. The number of hydrogen-bond donors (Lipinski definition) is 2. The molecule has 3 heterocycles. The van der Waals surface area contributed by atoms with Crippen LogP contribution in [0.4, 0.5) is 17.6 Å². The number of benzene rings is 1. The second-order valence-corrected chi connectivity index (χ2v) is 7.74. The molecule has 1 unspecified atom stereocenters. The summed E-state index contributed by atoms with van der Waals surface area (Å²) in [6.07, 6.45) is 3.59. The Bertz CT molecular complexity index is 1080. The third-order valence-corrected chi connectivity index (χ3v) is 5.53. The average Bonchev–Trinajstić information content (AvgIpc) is 2.75. The van der Waals surface area contributed by atoms with Crippen molar-refractivity contribution in [1.29, 1.82) is 5.26 Å². The molecule has 4 rings (SSSR count). The molecule has 0 bridgehead atoms. The maximum Gasteiger partial charge on any atom is 0.227 e. The average molecular weight is 454 g/mol. The molecule has 2 aromatic heterocycles. The molecule has 1 aromatic carbocycles. The molecule has 0 radical (unpaired) electrons. The zero-order valence-corrected chi connectivity index (χ0v) is 17.5. The second kappa shape index (κ2) is 8.09. The Hall–Kier alpha value is -3.12. The van der Waals surface area contributed by atoms with Crippen LogP contribution in [0, 0.1) is 11.3 Å². The van der Waals surface area contributed by atoms with Gasteiger partial charge in [-0.05, 0) is 53.0 Å². The summed E-state index contributed by atoms with van der Waals surface area (Å²) in [6.45, 7) is 1.60. The summed E-state index contributed by atoms with van der Waals surface area (Å²) in [5.74, 6) is 2.49. The van der Waals surface area contributed by atoms with E-state index in [2.05, 4.69) is 42.2 Å². The Morgan fingerprint density at radius 3 is 2.93 bits per heavy atom. The summed E-state index contributed by atoms with van der Waals surface area (Å²) in [6, 6.07) is 9.58. The number of pyridine rings is 1. The SMILES string of the molecule is COc1cc(Br)c2nc(N3CCCC(Nc4ccc(C#N)cn4)C3)nc(N)c2c1. The molecule has 1 saturated heterocycles. The van der Waals surface area contributed by atoms with Crippen molar-refractivity contribution in [1.82, 2.24) is 15.0 Å². The molecule has 9 heteroatoms. The Balaban J connectivity index is 1.56. The number of ether oxygens (including phenoxy) is 1. The van der Waals surface area contributed by atoms with Gasteiger partial charge in [0.15, 0.2) is 0 Å². The van der Waals surface area contributed by atoms with Crippen LogP contribution in [-0.2, 0) is 0 Å². The summed E-state index contributed by atoms with van der Waals surface area (Å²) in [5.41, 5.74) is 7.54. The van der Waals surface area contributed by atoms with E-state index in [0.29, 0.717) is 23.1 Å². The monoisotopic (exact) mass is 453 g/mol. The number of nitriles is 1. The number of fused-ring (bicyclic) bond motifs is 1. The zero-order valence-electron chi connectivity index (χ0n) is 15.9. The predicted octanol–water partition coefficient (Wildman–Crippen LogP) is 3.33. The first-order valence-electron chi connectivity index (χ1n) is 9.26. The van der Waals surface area contributed by atoms with E-state index in [1.807, 2.05) is 18.2 Å². The number of aromatic nitrogens is 3. The number of rotatable bonds is 4. The standard InChI is InChI=1S/C20H20BrN7O/c1-29-14-7-15-18(16(21)8-14)26-20(27-19(15)23)28-6-2-3-13(11-28)25-17-5-4-12(9-22)10-24-17/h4-5,7-8,10,13H,2-3,6,11H2,1H3,(H,24,25)(H2,23,26,27). The van der Waals surface area contributed by atoms with Gasteiger partial charge in [-0.3, -0.25) is 0 Å². The second-order valence-electron chi connectivity index (χ2n) is 6.89. The van der Waals surface area contributed by atoms with Crippen molar-refractivity contribution >= 4 is 44.4 Å². The molecule has 0 aliphatic carbocycles. The van der Waals surface area contributed by atoms with Crippen molar-refractivity contribution in [2.75, 3.05) is 36.1 Å². The highest BCUT2D eigenvalue weighted by molar-refractivity contribution is 9.10. The van der Waals surface area contributed by atoms with Crippen LogP contribution in [0.1, 0.15) is 18.4 Å². The lowest BCUT2D eigenvalue weighted by Gasteiger charge is -2.33. The molecular weight excluding hydrogens is 434 g/mol. The Morgan fingerprint density at radius 1 is 1.34 bits per heavy atom. The van der Waals surface area contributed by atoms with Crippen molar-refractivity contribution < 1.29 is 4.74 Å². The third-order valence-electron chi connectivity index (χ3n) is 4.93. The van der Waals surface area contributed by atoms with Crippen molar-refractivity contribution in [2.24, 2.45) is 0 Å². The highest BCUT2D eigenvalue weighted by Gasteiger charge is 2.23. The number of piperidine rings is 1. The summed E-state index contributed by atoms with van der Waals surface area (Å²) in [5, 5.41) is 13.1. The van der Waals surface area contributed by atoms with Crippen LogP contribution >= 0.6 is 15.9 Å². The molecule has 0 spiro atoms. The number of nitrogens with one attached hydrogen (secondary N) is 1. The van der Waals surface area contributed by atoms with Gasteiger partial charge in [0.1, 0.15) is 23.5 Å². The minimum absolute atomic E-state index is 0.198. The van der Waals surface area contributed by atoms with Crippen LogP contribution < -0.4 is 20.7 Å². The Kier molecular flexibility index (Phi) is 5.36. The lowest BCUT2D eigenvalue weighted by atomic mass is 10.1. The van der Waals surface area contributed by atoms with Gasteiger partial charge in [0.05, 0.1) is 18.2 Å². The fourth-order valence-corrected chi connectivity index (χ4v) is 3.99.